The fraction of sp³-hybridized carbons (Fsp3) is 0.316. The van der Waals surface area contributed by atoms with Crippen LogP contribution in [0, 0.1) is 0 Å². The molecule has 126 valence electrons. The highest BCUT2D eigenvalue weighted by Crippen LogP contribution is 2.23. The summed E-state index contributed by atoms with van der Waals surface area (Å²) >= 11 is 5.97. The standard InChI is InChI=1S/C19H21ClN2O2/c1-24-18-9-6-15(20)12-17(18)19(23)21-13-14-4-7-16(8-5-14)22-10-2-3-11-22/h4-9,12H,2-3,10-11,13H2,1H3,(H,21,23). The lowest BCUT2D eigenvalue weighted by molar-refractivity contribution is 0.0948. The van der Waals surface area contributed by atoms with Crippen LogP contribution in [0.4, 0.5) is 5.69 Å². The SMILES string of the molecule is COc1ccc(Cl)cc1C(=O)NCc1ccc(N2CCCC2)cc1. The number of nitrogens with zero attached hydrogens (tertiary/aromatic N) is 1. The van der Waals surface area contributed by atoms with Crippen LogP contribution in [0.3, 0.4) is 0 Å². The summed E-state index contributed by atoms with van der Waals surface area (Å²) in [5, 5.41) is 3.43. The van der Waals surface area contributed by atoms with Crippen LogP contribution in [0.5, 0.6) is 5.75 Å². The van der Waals surface area contributed by atoms with Crippen LogP contribution in [-0.2, 0) is 6.54 Å². The van der Waals surface area contributed by atoms with Crippen LogP contribution in [0.2, 0.25) is 5.02 Å². The van der Waals surface area contributed by atoms with Crippen LogP contribution in [0.1, 0.15) is 28.8 Å². The Bertz CT molecular complexity index is 710. The van der Waals surface area contributed by atoms with Crippen molar-refractivity contribution in [3.05, 3.63) is 58.6 Å². The molecule has 2 aromatic carbocycles. The van der Waals surface area contributed by atoms with Crippen molar-refractivity contribution < 1.29 is 9.53 Å². The van der Waals surface area contributed by atoms with E-state index in [0.29, 0.717) is 22.9 Å². The number of hydrogen-bond donors (Lipinski definition) is 1. The second kappa shape index (κ2) is 7.58. The number of benzene rings is 2. The van der Waals surface area contributed by atoms with Gasteiger partial charge in [-0.05, 0) is 48.7 Å². The lowest BCUT2D eigenvalue weighted by atomic mass is 10.1. The van der Waals surface area contributed by atoms with E-state index in [1.807, 2.05) is 0 Å². The first-order valence-corrected chi connectivity index (χ1v) is 8.51. The fourth-order valence-corrected chi connectivity index (χ4v) is 3.11. The third kappa shape index (κ3) is 3.82. The number of hydrogen-bond acceptors (Lipinski definition) is 3. The molecule has 0 radical (unpaired) electrons. The van der Waals surface area contributed by atoms with Gasteiger partial charge in [-0.1, -0.05) is 23.7 Å². The minimum absolute atomic E-state index is 0.196. The second-order valence-corrected chi connectivity index (χ2v) is 6.32. The molecule has 0 saturated carbocycles. The third-order valence-corrected chi connectivity index (χ3v) is 4.50. The zero-order valence-electron chi connectivity index (χ0n) is 13.7. The number of halogens is 1. The van der Waals surface area contributed by atoms with Crippen LogP contribution < -0.4 is 15.0 Å². The summed E-state index contributed by atoms with van der Waals surface area (Å²) in [5.74, 6) is 0.319. The highest BCUT2D eigenvalue weighted by molar-refractivity contribution is 6.31. The zero-order valence-corrected chi connectivity index (χ0v) is 14.5. The summed E-state index contributed by atoms with van der Waals surface area (Å²) < 4.78 is 5.22. The molecule has 4 nitrogen and oxygen atoms in total. The molecule has 1 N–H and O–H groups in total. The van der Waals surface area contributed by atoms with Gasteiger partial charge < -0.3 is 15.0 Å². The molecule has 1 heterocycles. The molecular formula is C19H21ClN2O2. The van der Waals surface area contributed by atoms with Crippen molar-refractivity contribution in [2.24, 2.45) is 0 Å². The van der Waals surface area contributed by atoms with Crippen molar-refractivity contribution in [1.82, 2.24) is 5.32 Å². The number of rotatable bonds is 5. The van der Waals surface area contributed by atoms with Crippen molar-refractivity contribution in [2.45, 2.75) is 19.4 Å². The zero-order chi connectivity index (χ0) is 16.9. The number of anilines is 1. The molecule has 0 spiro atoms. The molecular weight excluding hydrogens is 324 g/mol. The number of nitrogens with one attached hydrogen (secondary N) is 1. The molecule has 3 rings (SSSR count). The summed E-state index contributed by atoms with van der Waals surface area (Å²) in [6.07, 6.45) is 2.53. The number of carbonyl (C=O) groups excluding carboxylic acids is 1. The number of amides is 1. The predicted octanol–water partition coefficient (Wildman–Crippen LogP) is 3.88. The molecule has 24 heavy (non-hydrogen) atoms. The first kappa shape index (κ1) is 16.7. The molecule has 2 aromatic rings. The molecule has 1 aliphatic heterocycles. The van der Waals surface area contributed by atoms with E-state index in [1.165, 1.54) is 25.6 Å². The van der Waals surface area contributed by atoms with E-state index in [1.54, 1.807) is 18.2 Å². The molecule has 0 bridgehead atoms. The monoisotopic (exact) mass is 344 g/mol. The summed E-state index contributed by atoms with van der Waals surface area (Å²) in [6, 6.07) is 13.4. The van der Waals surface area contributed by atoms with Gasteiger partial charge in [0.2, 0.25) is 0 Å². The first-order valence-electron chi connectivity index (χ1n) is 8.13. The maximum absolute atomic E-state index is 12.4. The Kier molecular flexibility index (Phi) is 5.26. The second-order valence-electron chi connectivity index (χ2n) is 5.89. The minimum atomic E-state index is -0.196. The van der Waals surface area contributed by atoms with Gasteiger partial charge in [0.15, 0.2) is 0 Å². The molecule has 1 amide bonds. The third-order valence-electron chi connectivity index (χ3n) is 4.27. The lowest BCUT2D eigenvalue weighted by Crippen LogP contribution is -2.23. The van der Waals surface area contributed by atoms with Gasteiger partial charge in [-0.2, -0.15) is 0 Å². The van der Waals surface area contributed by atoms with Crippen LogP contribution in [-0.4, -0.2) is 26.1 Å². The van der Waals surface area contributed by atoms with E-state index < -0.39 is 0 Å². The van der Waals surface area contributed by atoms with Crippen molar-refractivity contribution in [1.29, 1.82) is 0 Å². The Hall–Kier alpha value is -2.20. The molecule has 0 unspecified atom stereocenters. The molecule has 0 aliphatic carbocycles. The van der Waals surface area contributed by atoms with Crippen LogP contribution >= 0.6 is 11.6 Å². The van der Waals surface area contributed by atoms with E-state index in [2.05, 4.69) is 34.5 Å². The number of ether oxygens (including phenoxy) is 1. The first-order chi connectivity index (χ1) is 11.7. The van der Waals surface area contributed by atoms with E-state index in [9.17, 15) is 4.79 Å². The van der Waals surface area contributed by atoms with E-state index in [-0.39, 0.29) is 5.91 Å². The summed E-state index contributed by atoms with van der Waals surface area (Å²) in [7, 11) is 1.54. The Morgan fingerprint density at radius 3 is 2.54 bits per heavy atom. The van der Waals surface area contributed by atoms with Gasteiger partial charge in [-0.25, -0.2) is 0 Å². The van der Waals surface area contributed by atoms with Crippen molar-refractivity contribution in [3.8, 4) is 5.75 Å². The van der Waals surface area contributed by atoms with Crippen molar-refractivity contribution in [2.75, 3.05) is 25.1 Å². The van der Waals surface area contributed by atoms with Gasteiger partial charge in [-0.15, -0.1) is 0 Å². The normalized spacial score (nSPS) is 13.8. The molecule has 1 aliphatic rings. The van der Waals surface area contributed by atoms with Gasteiger partial charge in [0, 0.05) is 30.3 Å². The van der Waals surface area contributed by atoms with E-state index in [4.69, 9.17) is 16.3 Å². The van der Waals surface area contributed by atoms with Crippen LogP contribution in [0.15, 0.2) is 42.5 Å². The predicted molar refractivity (Wildman–Crippen MR) is 97.1 cm³/mol. The van der Waals surface area contributed by atoms with Crippen LogP contribution in [0.25, 0.3) is 0 Å². The molecule has 0 aromatic heterocycles. The Labute approximate surface area is 147 Å². The summed E-state index contributed by atoms with van der Waals surface area (Å²) in [6.45, 7) is 2.73. The maximum Gasteiger partial charge on any atom is 0.255 e. The Morgan fingerprint density at radius 1 is 1.17 bits per heavy atom. The van der Waals surface area contributed by atoms with E-state index >= 15 is 0 Å². The Balaban J connectivity index is 1.63. The van der Waals surface area contributed by atoms with Gasteiger partial charge in [-0.3, -0.25) is 4.79 Å². The molecule has 1 fully saturated rings. The lowest BCUT2D eigenvalue weighted by Gasteiger charge is -2.17. The summed E-state index contributed by atoms with van der Waals surface area (Å²) in [5.41, 5.74) is 2.75. The number of carbonyl (C=O) groups is 1. The topological polar surface area (TPSA) is 41.6 Å². The maximum atomic E-state index is 12.4. The smallest absolute Gasteiger partial charge is 0.255 e. The van der Waals surface area contributed by atoms with E-state index in [0.717, 1.165) is 18.7 Å². The molecule has 1 saturated heterocycles. The highest BCUT2D eigenvalue weighted by atomic mass is 35.5. The molecule has 5 heteroatoms. The summed E-state index contributed by atoms with van der Waals surface area (Å²) in [4.78, 5) is 14.8. The minimum Gasteiger partial charge on any atom is -0.496 e. The largest absolute Gasteiger partial charge is 0.496 e. The number of methoxy groups -OCH3 is 1. The highest BCUT2D eigenvalue weighted by Gasteiger charge is 2.14. The average Bonchev–Trinajstić information content (AvgIpc) is 3.14. The van der Waals surface area contributed by atoms with Crippen molar-refractivity contribution in [3.63, 3.8) is 0 Å². The van der Waals surface area contributed by atoms with Gasteiger partial charge in [0.05, 0.1) is 12.7 Å². The van der Waals surface area contributed by atoms with Crippen molar-refractivity contribution >= 4 is 23.2 Å². The Morgan fingerprint density at radius 2 is 1.88 bits per heavy atom. The average molecular weight is 345 g/mol. The van der Waals surface area contributed by atoms with Gasteiger partial charge >= 0.3 is 0 Å². The molecule has 0 atom stereocenters. The quantitative estimate of drug-likeness (QED) is 0.895. The van der Waals surface area contributed by atoms with Gasteiger partial charge in [0.1, 0.15) is 5.75 Å². The fourth-order valence-electron chi connectivity index (χ4n) is 2.94. The van der Waals surface area contributed by atoms with Gasteiger partial charge in [0.25, 0.3) is 5.91 Å².